The van der Waals surface area contributed by atoms with Crippen molar-refractivity contribution in [2.24, 2.45) is 5.73 Å². The Balaban J connectivity index is 2.54. The molecule has 0 saturated heterocycles. The van der Waals surface area contributed by atoms with Gasteiger partial charge < -0.3 is 15.6 Å². The largest absolute Gasteiger partial charge is 0.368 e. The number of terminal acetylenes is 1. The van der Waals surface area contributed by atoms with E-state index in [-0.39, 0.29) is 12.0 Å². The van der Waals surface area contributed by atoms with E-state index in [0.717, 1.165) is 0 Å². The van der Waals surface area contributed by atoms with Gasteiger partial charge in [0.05, 0.1) is 5.52 Å². The number of carbonyl (C=O) groups is 2. The summed E-state index contributed by atoms with van der Waals surface area (Å²) in [6, 6.07) is 3.86. The van der Waals surface area contributed by atoms with Crippen molar-refractivity contribution in [1.82, 2.24) is 9.88 Å². The molecule has 7 heteroatoms. The molecule has 2 amide bonds. The molecule has 24 heavy (non-hydrogen) atoms. The molecule has 0 aliphatic carbocycles. The highest BCUT2D eigenvalue weighted by atomic mass is 35.5. The molecule has 0 fully saturated rings. The molecular formula is C17H16ClN3O3. The lowest BCUT2D eigenvalue weighted by Gasteiger charge is -2.15. The number of aryl methyl sites for hydroxylation is 1. The van der Waals surface area contributed by atoms with E-state index >= 15 is 0 Å². The highest BCUT2D eigenvalue weighted by molar-refractivity contribution is 6.31. The SMILES string of the molecule is C#CC[C@@H](NC(=O)c1cn(CC)c2ccc(Cl)cc2c1=O)C(N)=O. The maximum absolute atomic E-state index is 12.6. The number of benzene rings is 1. The summed E-state index contributed by atoms with van der Waals surface area (Å²) in [6.45, 7) is 2.42. The van der Waals surface area contributed by atoms with Crippen molar-refractivity contribution in [1.29, 1.82) is 0 Å². The molecule has 1 aromatic carbocycles. The van der Waals surface area contributed by atoms with Gasteiger partial charge in [0.25, 0.3) is 5.91 Å². The molecule has 0 bridgehead atoms. The quantitative estimate of drug-likeness (QED) is 0.799. The van der Waals surface area contributed by atoms with Gasteiger partial charge in [0, 0.05) is 29.6 Å². The van der Waals surface area contributed by atoms with Crippen LogP contribution in [-0.2, 0) is 11.3 Å². The normalized spacial score (nSPS) is 11.7. The Morgan fingerprint density at radius 2 is 2.17 bits per heavy atom. The Labute approximate surface area is 143 Å². The van der Waals surface area contributed by atoms with Gasteiger partial charge in [-0.3, -0.25) is 14.4 Å². The van der Waals surface area contributed by atoms with E-state index in [1.165, 1.54) is 12.3 Å². The van der Waals surface area contributed by atoms with E-state index in [2.05, 4.69) is 11.2 Å². The minimum absolute atomic E-state index is 0.0531. The van der Waals surface area contributed by atoms with E-state index in [4.69, 9.17) is 23.8 Å². The van der Waals surface area contributed by atoms with Gasteiger partial charge in [0.2, 0.25) is 11.3 Å². The first-order valence-electron chi connectivity index (χ1n) is 7.25. The number of primary amides is 1. The molecule has 0 aliphatic heterocycles. The van der Waals surface area contributed by atoms with Crippen LogP contribution in [0.15, 0.2) is 29.2 Å². The maximum Gasteiger partial charge on any atom is 0.257 e. The van der Waals surface area contributed by atoms with E-state index in [1.807, 2.05) is 6.92 Å². The number of hydrogen-bond acceptors (Lipinski definition) is 3. The number of nitrogens with two attached hydrogens (primary N) is 1. The zero-order chi connectivity index (χ0) is 17.9. The maximum atomic E-state index is 12.6. The van der Waals surface area contributed by atoms with Crippen molar-refractivity contribution in [3.8, 4) is 12.3 Å². The lowest BCUT2D eigenvalue weighted by molar-refractivity contribution is -0.119. The van der Waals surface area contributed by atoms with Gasteiger partial charge >= 0.3 is 0 Å². The molecule has 1 aromatic heterocycles. The van der Waals surface area contributed by atoms with E-state index in [9.17, 15) is 14.4 Å². The molecule has 6 nitrogen and oxygen atoms in total. The average molecular weight is 346 g/mol. The van der Waals surface area contributed by atoms with Gasteiger partial charge in [0.1, 0.15) is 11.6 Å². The van der Waals surface area contributed by atoms with Gasteiger partial charge in [-0.2, -0.15) is 0 Å². The zero-order valence-corrected chi connectivity index (χ0v) is 13.8. The first-order chi connectivity index (χ1) is 11.4. The number of rotatable bonds is 5. The molecule has 2 rings (SSSR count). The van der Waals surface area contributed by atoms with Crippen molar-refractivity contribution < 1.29 is 9.59 Å². The van der Waals surface area contributed by atoms with Crippen LogP contribution in [0.25, 0.3) is 10.9 Å². The minimum atomic E-state index is -1.04. The van der Waals surface area contributed by atoms with Crippen LogP contribution in [0.4, 0.5) is 0 Å². The van der Waals surface area contributed by atoms with Crippen molar-refractivity contribution in [2.75, 3.05) is 0 Å². The number of nitrogens with zero attached hydrogens (tertiary/aromatic N) is 1. The Morgan fingerprint density at radius 3 is 2.75 bits per heavy atom. The summed E-state index contributed by atoms with van der Waals surface area (Å²) < 4.78 is 1.75. The fourth-order valence-electron chi connectivity index (χ4n) is 2.37. The molecule has 0 aliphatic rings. The second-order valence-corrected chi connectivity index (χ2v) is 5.59. The van der Waals surface area contributed by atoms with Crippen molar-refractivity contribution >= 4 is 34.3 Å². The van der Waals surface area contributed by atoms with Crippen molar-refractivity contribution in [3.63, 3.8) is 0 Å². The molecule has 0 radical (unpaired) electrons. The summed E-state index contributed by atoms with van der Waals surface area (Å²) >= 11 is 5.95. The number of nitrogens with one attached hydrogen (secondary N) is 1. The average Bonchev–Trinajstić information content (AvgIpc) is 2.55. The fraction of sp³-hybridized carbons (Fsp3) is 0.235. The first-order valence-corrected chi connectivity index (χ1v) is 7.63. The molecule has 1 heterocycles. The Kier molecular flexibility index (Phi) is 5.27. The van der Waals surface area contributed by atoms with Gasteiger partial charge in [-0.1, -0.05) is 11.6 Å². The highest BCUT2D eigenvalue weighted by Gasteiger charge is 2.21. The molecule has 2 aromatic rings. The van der Waals surface area contributed by atoms with E-state index < -0.39 is 23.3 Å². The number of hydrogen-bond donors (Lipinski definition) is 2. The first kappa shape index (κ1) is 17.6. The predicted octanol–water partition coefficient (Wildman–Crippen LogP) is 1.28. The number of aromatic nitrogens is 1. The number of halogens is 1. The number of fused-ring (bicyclic) bond motifs is 1. The third-order valence-electron chi connectivity index (χ3n) is 3.60. The lowest BCUT2D eigenvalue weighted by Crippen LogP contribution is -2.45. The summed E-state index contributed by atoms with van der Waals surface area (Å²) in [5, 5.41) is 3.12. The molecule has 0 unspecified atom stereocenters. The van der Waals surface area contributed by atoms with Crippen LogP contribution in [0, 0.1) is 12.3 Å². The monoisotopic (exact) mass is 345 g/mol. The lowest BCUT2D eigenvalue weighted by atomic mass is 10.1. The summed E-state index contributed by atoms with van der Waals surface area (Å²) in [5.41, 5.74) is 5.29. The molecule has 0 saturated carbocycles. The molecule has 124 valence electrons. The second-order valence-electron chi connectivity index (χ2n) is 5.16. The van der Waals surface area contributed by atoms with E-state index in [1.54, 1.807) is 16.7 Å². The summed E-state index contributed by atoms with van der Waals surface area (Å²) in [4.78, 5) is 36.4. The van der Waals surface area contributed by atoms with Crippen LogP contribution in [-0.4, -0.2) is 22.4 Å². The Morgan fingerprint density at radius 1 is 1.46 bits per heavy atom. The number of carbonyl (C=O) groups excluding carboxylic acids is 2. The Bertz CT molecular complexity index is 912. The second kappa shape index (κ2) is 7.20. The highest BCUT2D eigenvalue weighted by Crippen LogP contribution is 2.17. The standard InChI is InChI=1S/C17H16ClN3O3/c1-3-5-13(16(19)23)20-17(24)12-9-21(4-2)14-7-6-10(18)8-11(14)15(12)22/h1,6-9,13H,4-5H2,2H3,(H2,19,23)(H,20,24)/t13-/m1/s1. The van der Waals surface area contributed by atoms with Gasteiger partial charge in [-0.25, -0.2) is 0 Å². The van der Waals surface area contributed by atoms with E-state index in [0.29, 0.717) is 22.5 Å². The zero-order valence-electron chi connectivity index (χ0n) is 13.0. The van der Waals surface area contributed by atoms with Crippen LogP contribution >= 0.6 is 11.6 Å². The van der Waals surface area contributed by atoms with Crippen molar-refractivity contribution in [3.05, 3.63) is 45.2 Å². The molecular weight excluding hydrogens is 330 g/mol. The number of amides is 2. The van der Waals surface area contributed by atoms with Gasteiger partial charge in [0.15, 0.2) is 0 Å². The van der Waals surface area contributed by atoms with Crippen LogP contribution in [0.1, 0.15) is 23.7 Å². The molecule has 0 spiro atoms. The predicted molar refractivity (Wildman–Crippen MR) is 92.8 cm³/mol. The van der Waals surface area contributed by atoms with Crippen LogP contribution < -0.4 is 16.5 Å². The topological polar surface area (TPSA) is 94.2 Å². The molecule has 3 N–H and O–H groups in total. The third-order valence-corrected chi connectivity index (χ3v) is 3.83. The third kappa shape index (κ3) is 3.42. The van der Waals surface area contributed by atoms with Gasteiger partial charge in [-0.05, 0) is 25.1 Å². The minimum Gasteiger partial charge on any atom is -0.368 e. The van der Waals surface area contributed by atoms with Crippen molar-refractivity contribution in [2.45, 2.75) is 25.9 Å². The smallest absolute Gasteiger partial charge is 0.257 e. The van der Waals surface area contributed by atoms with Crippen LogP contribution in [0.2, 0.25) is 5.02 Å². The fourth-order valence-corrected chi connectivity index (χ4v) is 2.54. The number of pyridine rings is 1. The summed E-state index contributed by atoms with van der Waals surface area (Å²) in [5.74, 6) is 0.795. The van der Waals surface area contributed by atoms with Crippen LogP contribution in [0.3, 0.4) is 0 Å². The Hall–Kier alpha value is -2.78. The van der Waals surface area contributed by atoms with Crippen LogP contribution in [0.5, 0.6) is 0 Å². The summed E-state index contributed by atoms with van der Waals surface area (Å²) in [6.07, 6.45) is 6.55. The molecule has 1 atom stereocenters. The van der Waals surface area contributed by atoms with Gasteiger partial charge in [-0.15, -0.1) is 12.3 Å². The summed E-state index contributed by atoms with van der Waals surface area (Å²) in [7, 11) is 0.